The smallest absolute Gasteiger partial charge is 0.290 e. The third kappa shape index (κ3) is 12.5. The first-order chi connectivity index (χ1) is 21.9. The van der Waals surface area contributed by atoms with Crippen LogP contribution < -0.4 is 20.7 Å². The minimum atomic E-state index is -0.871. The molecular weight excluding hydrogens is 580 g/mol. The lowest BCUT2D eigenvalue weighted by atomic mass is 9.77. The number of carbonyl (C=O) groups is 4. The number of benzene rings is 1. The zero-order chi connectivity index (χ0) is 32.3. The quantitative estimate of drug-likeness (QED) is 0.274. The summed E-state index contributed by atoms with van der Waals surface area (Å²) in [6, 6.07) is 7.47. The number of hydrogen-bond acceptors (Lipinski definition) is 8. The summed E-state index contributed by atoms with van der Waals surface area (Å²) in [5.74, 6) is 1.64. The minimum absolute atomic E-state index is 0.0597. The molecule has 1 atom stereocenters. The first-order valence-corrected chi connectivity index (χ1v) is 15.7. The number of aromatic amines is 1. The molecule has 0 radical (unpaired) electrons. The van der Waals surface area contributed by atoms with Crippen molar-refractivity contribution in [2.75, 3.05) is 53.0 Å². The van der Waals surface area contributed by atoms with Crippen LogP contribution in [0.3, 0.4) is 0 Å². The van der Waals surface area contributed by atoms with Gasteiger partial charge in [0, 0.05) is 58.7 Å². The summed E-state index contributed by atoms with van der Waals surface area (Å²) in [5.41, 5.74) is 0.0722. The highest BCUT2D eigenvalue weighted by atomic mass is 16.5. The van der Waals surface area contributed by atoms with Crippen molar-refractivity contribution >= 4 is 24.2 Å². The molecule has 1 saturated carbocycles. The van der Waals surface area contributed by atoms with Crippen LogP contribution in [-0.4, -0.2) is 97.2 Å². The summed E-state index contributed by atoms with van der Waals surface area (Å²) in [7, 11) is 1.63. The summed E-state index contributed by atoms with van der Waals surface area (Å²) in [6.07, 6.45) is 9.67. The van der Waals surface area contributed by atoms with Crippen LogP contribution in [0.15, 0.2) is 36.7 Å². The largest absolute Gasteiger partial charge is 0.484 e. The molecular formula is C32H48N6O7. The SMILES string of the molecule is COCCC1(C(=O)NCC2CCC2)CNC(=O)CCCN(Cc2ncc[nH]2)CCCNC(=O)COc2ccc(cc2)C1.O=CO. The Morgan fingerprint density at radius 3 is 2.58 bits per heavy atom. The van der Waals surface area contributed by atoms with Crippen molar-refractivity contribution in [3.8, 4) is 5.75 Å². The highest BCUT2D eigenvalue weighted by Crippen LogP contribution is 2.30. The molecule has 2 aromatic rings. The van der Waals surface area contributed by atoms with E-state index in [4.69, 9.17) is 19.4 Å². The molecule has 3 heterocycles. The number of aromatic nitrogens is 2. The van der Waals surface area contributed by atoms with Crippen LogP contribution in [0.4, 0.5) is 0 Å². The van der Waals surface area contributed by atoms with E-state index in [0.717, 1.165) is 37.2 Å². The number of imidazole rings is 1. The molecule has 3 amide bonds. The number of nitrogens with one attached hydrogen (secondary N) is 4. The minimum Gasteiger partial charge on any atom is -0.484 e. The normalized spacial score (nSPS) is 20.7. The van der Waals surface area contributed by atoms with Crippen molar-refractivity contribution in [3.63, 3.8) is 0 Å². The Balaban J connectivity index is 0.00000177. The van der Waals surface area contributed by atoms with Crippen LogP contribution in [0.5, 0.6) is 5.75 Å². The van der Waals surface area contributed by atoms with Gasteiger partial charge in [0.1, 0.15) is 11.6 Å². The molecule has 5 N–H and O–H groups in total. The van der Waals surface area contributed by atoms with E-state index >= 15 is 0 Å². The van der Waals surface area contributed by atoms with Crippen LogP contribution in [-0.2, 0) is 36.9 Å². The van der Waals surface area contributed by atoms with E-state index in [0.29, 0.717) is 70.1 Å². The van der Waals surface area contributed by atoms with Crippen molar-refractivity contribution < 1.29 is 33.8 Å². The van der Waals surface area contributed by atoms with Gasteiger partial charge in [-0.3, -0.25) is 24.1 Å². The first kappa shape index (κ1) is 35.5. The molecule has 0 saturated heterocycles. The molecule has 5 rings (SSSR count). The number of carbonyl (C=O) groups excluding carboxylic acids is 3. The predicted molar refractivity (Wildman–Crippen MR) is 167 cm³/mol. The van der Waals surface area contributed by atoms with Gasteiger partial charge < -0.3 is 35.5 Å². The summed E-state index contributed by atoms with van der Waals surface area (Å²) < 4.78 is 11.1. The molecule has 3 aliphatic rings. The molecule has 1 fully saturated rings. The highest BCUT2D eigenvalue weighted by Gasteiger charge is 2.39. The number of methoxy groups -OCH3 is 1. The highest BCUT2D eigenvalue weighted by molar-refractivity contribution is 5.84. The standard InChI is InChI=1S/C31H46N6O5.CH2O2/c1-41-18-12-31(30(40)35-20-25-5-2-6-25)19-24-8-10-26(11-9-24)42-22-29(39)34-13-4-17-37(21-27-32-14-15-33-27)16-3-7-28(38)36-23-31;2-1-3/h8-11,14-15,25H,2-7,12-13,16-23H2,1H3,(H,32,33)(H,34,39)(H,35,40)(H,36,38);1H,(H,2,3). The van der Waals surface area contributed by atoms with Crippen molar-refractivity contribution in [1.82, 2.24) is 30.8 Å². The summed E-state index contributed by atoms with van der Waals surface area (Å²) >= 11 is 0. The summed E-state index contributed by atoms with van der Waals surface area (Å²) in [4.78, 5) is 57.3. The van der Waals surface area contributed by atoms with Gasteiger partial charge in [0.25, 0.3) is 12.4 Å². The number of amides is 3. The van der Waals surface area contributed by atoms with Gasteiger partial charge in [-0.05, 0) is 68.7 Å². The lowest BCUT2D eigenvalue weighted by Crippen LogP contribution is -2.51. The van der Waals surface area contributed by atoms with E-state index in [2.05, 4.69) is 30.8 Å². The van der Waals surface area contributed by atoms with Crippen LogP contribution in [0.2, 0.25) is 0 Å². The molecule has 13 heteroatoms. The van der Waals surface area contributed by atoms with E-state index in [-0.39, 0.29) is 37.3 Å². The van der Waals surface area contributed by atoms with Gasteiger partial charge in [0.05, 0.1) is 12.0 Å². The van der Waals surface area contributed by atoms with Crippen LogP contribution in [0.25, 0.3) is 0 Å². The molecule has 45 heavy (non-hydrogen) atoms. The van der Waals surface area contributed by atoms with Crippen molar-refractivity contribution in [3.05, 3.63) is 48.0 Å². The maximum absolute atomic E-state index is 13.8. The number of rotatable bonds is 8. The number of ether oxygens (including phenoxy) is 2. The fourth-order valence-corrected chi connectivity index (χ4v) is 5.44. The fourth-order valence-electron chi connectivity index (χ4n) is 5.44. The van der Waals surface area contributed by atoms with Gasteiger partial charge in [-0.1, -0.05) is 18.6 Å². The topological polar surface area (TPSA) is 175 Å². The molecule has 1 aliphatic carbocycles. The van der Waals surface area contributed by atoms with E-state index in [9.17, 15) is 14.4 Å². The van der Waals surface area contributed by atoms with E-state index in [1.807, 2.05) is 24.3 Å². The zero-order valence-electron chi connectivity index (χ0n) is 26.2. The Hall–Kier alpha value is -3.97. The Kier molecular flexibility index (Phi) is 15.3. The second-order valence-electron chi connectivity index (χ2n) is 11.6. The van der Waals surface area contributed by atoms with E-state index in [1.165, 1.54) is 6.42 Å². The lowest BCUT2D eigenvalue weighted by molar-refractivity contribution is -0.133. The summed E-state index contributed by atoms with van der Waals surface area (Å²) in [5, 5.41) is 16.1. The molecule has 248 valence electrons. The van der Waals surface area contributed by atoms with Gasteiger partial charge in [-0.15, -0.1) is 0 Å². The average Bonchev–Trinajstić information content (AvgIpc) is 3.52. The van der Waals surface area contributed by atoms with Gasteiger partial charge in [0.2, 0.25) is 11.8 Å². The Bertz CT molecular complexity index is 1170. The van der Waals surface area contributed by atoms with E-state index in [1.54, 1.807) is 19.5 Å². The molecule has 1 aromatic carbocycles. The number of H-pyrrole nitrogens is 1. The Labute approximate surface area is 264 Å². The van der Waals surface area contributed by atoms with Gasteiger partial charge in [-0.2, -0.15) is 0 Å². The van der Waals surface area contributed by atoms with Crippen molar-refractivity contribution in [2.24, 2.45) is 11.3 Å². The third-order valence-corrected chi connectivity index (χ3v) is 8.28. The lowest BCUT2D eigenvalue weighted by Gasteiger charge is -2.34. The number of carboxylic acid groups (broad SMARTS) is 1. The number of fused-ring (bicyclic) bond motifs is 17. The maximum atomic E-state index is 13.8. The Morgan fingerprint density at radius 1 is 1.16 bits per heavy atom. The Morgan fingerprint density at radius 2 is 1.91 bits per heavy atom. The second kappa shape index (κ2) is 19.4. The van der Waals surface area contributed by atoms with Crippen LogP contribution in [0.1, 0.15) is 56.3 Å². The zero-order valence-corrected chi connectivity index (χ0v) is 26.2. The van der Waals surface area contributed by atoms with Crippen LogP contribution >= 0.6 is 0 Å². The molecule has 2 bridgehead atoms. The molecule has 1 unspecified atom stereocenters. The molecule has 2 aliphatic heterocycles. The molecule has 1 aromatic heterocycles. The fraction of sp³-hybridized carbons (Fsp3) is 0.594. The number of nitrogens with zero attached hydrogens (tertiary/aromatic N) is 2. The monoisotopic (exact) mass is 628 g/mol. The summed E-state index contributed by atoms with van der Waals surface area (Å²) in [6.45, 7) is 3.56. The first-order valence-electron chi connectivity index (χ1n) is 15.7. The van der Waals surface area contributed by atoms with Crippen molar-refractivity contribution in [2.45, 2.75) is 57.9 Å². The van der Waals surface area contributed by atoms with Crippen molar-refractivity contribution in [1.29, 1.82) is 0 Å². The van der Waals surface area contributed by atoms with E-state index < -0.39 is 5.41 Å². The average molecular weight is 629 g/mol. The predicted octanol–water partition coefficient (Wildman–Crippen LogP) is 1.89. The van der Waals surface area contributed by atoms with Gasteiger partial charge >= 0.3 is 0 Å². The number of hydrogen-bond donors (Lipinski definition) is 5. The van der Waals surface area contributed by atoms with Gasteiger partial charge in [-0.25, -0.2) is 4.98 Å². The third-order valence-electron chi connectivity index (χ3n) is 8.28. The molecule has 13 nitrogen and oxygen atoms in total. The van der Waals surface area contributed by atoms with Crippen LogP contribution in [0, 0.1) is 11.3 Å². The second-order valence-corrected chi connectivity index (χ2v) is 11.6. The maximum Gasteiger partial charge on any atom is 0.290 e. The van der Waals surface area contributed by atoms with Gasteiger partial charge in [0.15, 0.2) is 6.61 Å². The molecule has 0 spiro atoms.